The van der Waals surface area contributed by atoms with E-state index in [1.165, 1.54) is 0 Å². The van der Waals surface area contributed by atoms with Crippen molar-refractivity contribution in [3.05, 3.63) is 48.6 Å². The van der Waals surface area contributed by atoms with Crippen LogP contribution in [0.25, 0.3) is 5.70 Å². The first-order valence-corrected chi connectivity index (χ1v) is 9.58. The monoisotopic (exact) mass is 367 g/mol. The Morgan fingerprint density at radius 1 is 1.26 bits per heavy atom. The number of aromatic nitrogens is 2. The van der Waals surface area contributed by atoms with Crippen molar-refractivity contribution in [2.24, 2.45) is 17.4 Å². The lowest BCUT2D eigenvalue weighted by Crippen LogP contribution is -2.58. The molecule has 0 amide bonds. The molecule has 1 unspecified atom stereocenters. The van der Waals surface area contributed by atoms with Crippen LogP contribution >= 0.6 is 0 Å². The number of rotatable bonds is 4. The van der Waals surface area contributed by atoms with E-state index in [9.17, 15) is 0 Å². The van der Waals surface area contributed by atoms with Gasteiger partial charge in [0.15, 0.2) is 5.82 Å². The van der Waals surface area contributed by atoms with Crippen molar-refractivity contribution in [2.45, 2.75) is 37.4 Å². The van der Waals surface area contributed by atoms with Crippen LogP contribution in [0.4, 0.5) is 11.4 Å². The smallest absolute Gasteiger partial charge is 0.174 e. The molecule has 7 heteroatoms. The van der Waals surface area contributed by atoms with E-state index in [2.05, 4.69) is 44.9 Å². The van der Waals surface area contributed by atoms with Gasteiger partial charge in [-0.05, 0) is 50.0 Å². The van der Waals surface area contributed by atoms with Crippen LogP contribution in [0.3, 0.4) is 0 Å². The van der Waals surface area contributed by atoms with Crippen LogP contribution in [0.5, 0.6) is 0 Å². The zero-order valence-electron chi connectivity index (χ0n) is 16.0. The van der Waals surface area contributed by atoms with Crippen LogP contribution in [-0.2, 0) is 0 Å². The Hall–Kier alpha value is -2.51. The molecule has 27 heavy (non-hydrogen) atoms. The minimum Gasteiger partial charge on any atom is -0.378 e. The maximum atomic E-state index is 6.85. The fraction of sp³-hybridized carbons (Fsp3) is 0.450. The quantitative estimate of drug-likeness (QED) is 0.661. The topological polar surface area (TPSA) is 97.2 Å². The number of benzene rings is 1. The molecule has 1 saturated carbocycles. The van der Waals surface area contributed by atoms with E-state index < -0.39 is 5.66 Å². The van der Waals surface area contributed by atoms with Crippen LogP contribution in [0, 0.1) is 5.92 Å². The molecular formula is C20H29N7. The van der Waals surface area contributed by atoms with Crippen LogP contribution in [0.2, 0.25) is 0 Å². The third kappa shape index (κ3) is 3.52. The van der Waals surface area contributed by atoms with Gasteiger partial charge in [0, 0.05) is 49.8 Å². The molecule has 2 heterocycles. The lowest BCUT2D eigenvalue weighted by atomic mass is 9.78. The summed E-state index contributed by atoms with van der Waals surface area (Å²) in [5, 5.41) is 3.53. The average molecular weight is 368 g/mol. The lowest BCUT2D eigenvalue weighted by Gasteiger charge is -2.42. The predicted octanol–water partition coefficient (Wildman–Crippen LogP) is 2.13. The Bertz CT molecular complexity index is 832. The predicted molar refractivity (Wildman–Crippen MR) is 111 cm³/mol. The summed E-state index contributed by atoms with van der Waals surface area (Å²) in [6.45, 7) is 0. The van der Waals surface area contributed by atoms with Gasteiger partial charge in [0.05, 0.1) is 5.70 Å². The number of nitrogens with one attached hydrogen (secondary N) is 2. The molecule has 2 aliphatic rings. The summed E-state index contributed by atoms with van der Waals surface area (Å²) in [6.07, 6.45) is 9.88. The highest BCUT2D eigenvalue weighted by Crippen LogP contribution is 2.35. The molecule has 0 spiro atoms. The van der Waals surface area contributed by atoms with E-state index >= 15 is 0 Å². The van der Waals surface area contributed by atoms with Gasteiger partial charge in [0.2, 0.25) is 0 Å². The van der Waals surface area contributed by atoms with Gasteiger partial charge in [0.1, 0.15) is 5.66 Å². The Labute approximate surface area is 160 Å². The highest BCUT2D eigenvalue weighted by atomic mass is 15.5. The Kier molecular flexibility index (Phi) is 4.57. The molecule has 1 fully saturated rings. The van der Waals surface area contributed by atoms with Crippen LogP contribution < -0.4 is 27.1 Å². The van der Waals surface area contributed by atoms with Crippen LogP contribution in [0.1, 0.15) is 31.5 Å². The van der Waals surface area contributed by atoms with Crippen molar-refractivity contribution in [1.82, 2.24) is 9.66 Å². The van der Waals surface area contributed by atoms with E-state index in [4.69, 9.17) is 11.5 Å². The maximum absolute atomic E-state index is 6.85. The van der Waals surface area contributed by atoms with Gasteiger partial charge in [0.25, 0.3) is 0 Å². The third-order valence-electron chi connectivity index (χ3n) is 5.67. The van der Waals surface area contributed by atoms with Crippen molar-refractivity contribution in [1.29, 1.82) is 0 Å². The minimum atomic E-state index is -0.630. The van der Waals surface area contributed by atoms with Gasteiger partial charge in [-0.1, -0.05) is 6.07 Å². The van der Waals surface area contributed by atoms with E-state index in [0.717, 1.165) is 48.6 Å². The molecule has 4 rings (SSSR count). The van der Waals surface area contributed by atoms with Crippen LogP contribution in [-0.4, -0.2) is 35.5 Å². The third-order valence-corrected chi connectivity index (χ3v) is 5.67. The van der Waals surface area contributed by atoms with Gasteiger partial charge in [-0.25, -0.2) is 9.66 Å². The number of imidazole rings is 1. The summed E-state index contributed by atoms with van der Waals surface area (Å²) in [4.78, 5) is 6.58. The first-order valence-electron chi connectivity index (χ1n) is 9.58. The van der Waals surface area contributed by atoms with E-state index in [-0.39, 0.29) is 0 Å². The van der Waals surface area contributed by atoms with Crippen molar-refractivity contribution >= 4 is 17.1 Å². The summed E-state index contributed by atoms with van der Waals surface area (Å²) in [7, 11) is 4.07. The highest BCUT2D eigenvalue weighted by molar-refractivity contribution is 5.77. The van der Waals surface area contributed by atoms with Gasteiger partial charge in [-0.2, -0.15) is 0 Å². The van der Waals surface area contributed by atoms with Crippen molar-refractivity contribution in [3.63, 3.8) is 0 Å². The molecule has 1 aromatic carbocycles. The normalized spacial score (nSPS) is 27.3. The minimum absolute atomic E-state index is 0.299. The largest absolute Gasteiger partial charge is 0.378 e. The van der Waals surface area contributed by atoms with E-state index in [0.29, 0.717) is 12.0 Å². The first kappa shape index (κ1) is 17.9. The maximum Gasteiger partial charge on any atom is 0.174 e. The molecule has 144 valence electrons. The molecule has 0 bridgehead atoms. The summed E-state index contributed by atoms with van der Waals surface area (Å²) < 4.78 is 1.92. The molecule has 0 radical (unpaired) electrons. The highest BCUT2D eigenvalue weighted by Gasteiger charge is 2.39. The van der Waals surface area contributed by atoms with Crippen molar-refractivity contribution in [2.75, 3.05) is 29.7 Å². The van der Waals surface area contributed by atoms with Crippen molar-refractivity contribution in [3.8, 4) is 0 Å². The average Bonchev–Trinajstić information content (AvgIpc) is 3.10. The second-order valence-electron chi connectivity index (χ2n) is 7.91. The molecule has 1 aliphatic carbocycles. The van der Waals surface area contributed by atoms with Crippen molar-refractivity contribution < 1.29 is 0 Å². The zero-order valence-corrected chi connectivity index (χ0v) is 16.0. The fourth-order valence-corrected chi connectivity index (χ4v) is 4.05. The number of fused-ring (bicyclic) bond motifs is 1. The first-order chi connectivity index (χ1) is 12.9. The van der Waals surface area contributed by atoms with Gasteiger partial charge < -0.3 is 27.1 Å². The second-order valence-corrected chi connectivity index (χ2v) is 7.91. The molecule has 6 N–H and O–H groups in total. The number of nitrogens with zero attached hydrogens (tertiary/aromatic N) is 3. The standard InChI is InChI=1S/C20H29N7/c1-26(2)17-5-3-4-16(12-17)24-18-13-20(22,14-6-8-15(21)9-7-14)25-27-11-10-23-19(18)27/h3-5,10-15,24-25H,6-9,21-22H2,1-2H3. The summed E-state index contributed by atoms with van der Waals surface area (Å²) in [5.41, 5.74) is 18.8. The van der Waals surface area contributed by atoms with Gasteiger partial charge >= 0.3 is 0 Å². The molecule has 2 aromatic rings. The Morgan fingerprint density at radius 2 is 2.04 bits per heavy atom. The van der Waals surface area contributed by atoms with Gasteiger partial charge in [-0.15, -0.1) is 0 Å². The number of hydrogen-bond acceptors (Lipinski definition) is 6. The lowest BCUT2D eigenvalue weighted by molar-refractivity contribution is 0.239. The molecular weight excluding hydrogens is 338 g/mol. The fourth-order valence-electron chi connectivity index (χ4n) is 4.05. The Morgan fingerprint density at radius 3 is 2.78 bits per heavy atom. The molecule has 0 saturated heterocycles. The SMILES string of the molecule is CN(C)c1cccc(NC2=CC(N)(C3CCC(N)CC3)Nn3ccnc32)c1. The summed E-state index contributed by atoms with van der Waals surface area (Å²) >= 11 is 0. The second kappa shape index (κ2) is 6.90. The summed E-state index contributed by atoms with van der Waals surface area (Å²) in [6, 6.07) is 8.60. The molecule has 1 aliphatic heterocycles. The van der Waals surface area contributed by atoms with Crippen LogP contribution in [0.15, 0.2) is 42.7 Å². The number of nitrogens with two attached hydrogens (primary N) is 2. The van der Waals surface area contributed by atoms with E-state index in [1.54, 1.807) is 6.20 Å². The molecule has 1 aromatic heterocycles. The summed E-state index contributed by atoms with van der Waals surface area (Å²) in [5.74, 6) is 1.16. The van der Waals surface area contributed by atoms with E-state index in [1.807, 2.05) is 31.0 Å². The number of hydrogen-bond donors (Lipinski definition) is 4. The number of anilines is 2. The molecule has 7 nitrogen and oxygen atoms in total. The Balaban J connectivity index is 1.65. The van der Waals surface area contributed by atoms with Gasteiger partial charge in [-0.3, -0.25) is 0 Å². The molecule has 1 atom stereocenters. The zero-order chi connectivity index (χ0) is 19.0.